The zero-order valence-corrected chi connectivity index (χ0v) is 21.7. The first-order chi connectivity index (χ1) is 16.4. The number of piperidine rings is 1. The maximum atomic E-state index is 13.2. The van der Waals surface area contributed by atoms with Gasteiger partial charge in [0.05, 0.1) is 35.3 Å². The smallest absolute Gasteiger partial charge is 0.269 e. The fraction of sp³-hybridized carbons (Fsp3) is 0.435. The van der Waals surface area contributed by atoms with Crippen molar-refractivity contribution < 1.29 is 21.0 Å². The topological polar surface area (TPSA) is 137 Å². The van der Waals surface area contributed by atoms with Crippen molar-refractivity contribution in [3.8, 4) is 0 Å². The molecule has 0 spiro atoms. The monoisotopic (exact) mass is 521 g/mol. The molecular formula is C23H31N5O5S2. The first-order valence-corrected chi connectivity index (χ1v) is 14.3. The van der Waals surface area contributed by atoms with Gasteiger partial charge < -0.3 is 11.2 Å². The van der Waals surface area contributed by atoms with Gasteiger partial charge in [-0.25, -0.2) is 22.4 Å². The average Bonchev–Trinajstić information content (AvgIpc) is 3.27. The summed E-state index contributed by atoms with van der Waals surface area (Å²) in [4.78, 5) is 4.49. The van der Waals surface area contributed by atoms with Gasteiger partial charge in [0, 0.05) is 24.7 Å². The number of pyridine rings is 1. The van der Waals surface area contributed by atoms with E-state index >= 15 is 0 Å². The molecule has 1 fully saturated rings. The lowest BCUT2D eigenvalue weighted by atomic mass is 9.78. The maximum Gasteiger partial charge on any atom is 0.269 e. The Balaban J connectivity index is 1.54. The van der Waals surface area contributed by atoms with E-state index in [2.05, 4.69) is 21.5 Å². The van der Waals surface area contributed by atoms with E-state index in [1.54, 1.807) is 30.3 Å². The Morgan fingerprint density at radius 1 is 1.11 bits per heavy atom. The SMILES string of the molecule is COS(=O)(=O)CCC1(C)CCN(Nc2c(N)cnc3c2ccn3S(=O)(=O)c2ccc(C)cc2)CC1. The largest absolute Gasteiger partial charge is 0.396 e. The van der Waals surface area contributed by atoms with Gasteiger partial charge in [-0.15, -0.1) is 0 Å². The summed E-state index contributed by atoms with van der Waals surface area (Å²) in [6.45, 7) is 5.34. The quantitative estimate of drug-likeness (QED) is 0.429. The highest BCUT2D eigenvalue weighted by molar-refractivity contribution is 7.90. The van der Waals surface area contributed by atoms with Crippen LogP contribution < -0.4 is 11.2 Å². The molecule has 3 aromatic rings. The van der Waals surface area contributed by atoms with Crippen molar-refractivity contribution in [2.75, 3.05) is 37.1 Å². The number of aromatic nitrogens is 2. The molecule has 0 atom stereocenters. The molecule has 0 bridgehead atoms. The van der Waals surface area contributed by atoms with Crippen molar-refractivity contribution in [3.05, 3.63) is 48.3 Å². The van der Waals surface area contributed by atoms with Gasteiger partial charge in [-0.1, -0.05) is 24.6 Å². The highest BCUT2D eigenvalue weighted by Gasteiger charge is 2.32. The van der Waals surface area contributed by atoms with Crippen LogP contribution in [-0.2, 0) is 24.3 Å². The Kier molecular flexibility index (Phi) is 6.84. The normalized spacial score (nSPS) is 17.0. The van der Waals surface area contributed by atoms with Crippen LogP contribution in [0.25, 0.3) is 11.0 Å². The molecule has 2 aromatic heterocycles. The van der Waals surface area contributed by atoms with E-state index in [0.29, 0.717) is 36.3 Å². The van der Waals surface area contributed by atoms with E-state index in [4.69, 9.17) is 5.73 Å². The lowest BCUT2D eigenvalue weighted by molar-refractivity contribution is 0.134. The molecule has 190 valence electrons. The molecule has 0 amide bonds. The molecule has 10 nitrogen and oxygen atoms in total. The Morgan fingerprint density at radius 2 is 1.77 bits per heavy atom. The van der Waals surface area contributed by atoms with E-state index in [1.807, 2.05) is 11.9 Å². The predicted molar refractivity (Wildman–Crippen MR) is 136 cm³/mol. The standard InChI is InChI=1S/C23H31N5O5S2/c1-17-4-6-18(7-5-17)35(31,32)28-12-8-19-21(20(24)16-25-22(19)28)26-27-13-9-23(2,10-14-27)11-15-34(29,30)33-3/h4-8,12,16H,9-11,13-15,24H2,1-3H3,(H,25,26). The minimum atomic E-state index is -3.83. The molecule has 0 saturated carbocycles. The predicted octanol–water partition coefficient (Wildman–Crippen LogP) is 2.96. The van der Waals surface area contributed by atoms with Crippen molar-refractivity contribution >= 4 is 42.5 Å². The van der Waals surface area contributed by atoms with Gasteiger partial charge in [0.1, 0.15) is 0 Å². The van der Waals surface area contributed by atoms with Crippen molar-refractivity contribution in [2.45, 2.75) is 38.0 Å². The summed E-state index contributed by atoms with van der Waals surface area (Å²) in [7, 11) is -6.13. The molecule has 1 saturated heterocycles. The Labute approximate surface area is 206 Å². The third-order valence-corrected chi connectivity index (χ3v) is 9.63. The average molecular weight is 522 g/mol. The minimum absolute atomic E-state index is 0.00563. The van der Waals surface area contributed by atoms with Crippen LogP contribution in [0.15, 0.2) is 47.6 Å². The second-order valence-corrected chi connectivity index (χ2v) is 13.0. The van der Waals surface area contributed by atoms with Crippen molar-refractivity contribution in [1.82, 2.24) is 14.0 Å². The molecule has 0 radical (unpaired) electrons. The number of aryl methyl sites for hydroxylation is 1. The van der Waals surface area contributed by atoms with E-state index in [0.717, 1.165) is 18.4 Å². The van der Waals surface area contributed by atoms with Crippen molar-refractivity contribution in [1.29, 1.82) is 0 Å². The number of benzene rings is 1. The van der Waals surface area contributed by atoms with Crippen molar-refractivity contribution in [3.63, 3.8) is 0 Å². The Bertz CT molecular complexity index is 1420. The fourth-order valence-corrected chi connectivity index (χ4v) is 6.45. The Hall–Kier alpha value is -2.67. The van der Waals surface area contributed by atoms with E-state index in [-0.39, 0.29) is 21.7 Å². The summed E-state index contributed by atoms with van der Waals surface area (Å²) in [5.41, 5.74) is 11.7. The summed E-state index contributed by atoms with van der Waals surface area (Å²) >= 11 is 0. The summed E-state index contributed by atoms with van der Waals surface area (Å²) in [5.74, 6) is -0.00563. The number of anilines is 2. The van der Waals surface area contributed by atoms with Crippen LogP contribution >= 0.6 is 0 Å². The number of nitrogens with zero attached hydrogens (tertiary/aromatic N) is 3. The molecule has 3 N–H and O–H groups in total. The molecule has 1 aromatic carbocycles. The summed E-state index contributed by atoms with van der Waals surface area (Å²) < 4.78 is 55.7. The van der Waals surface area contributed by atoms with Crippen LogP contribution in [0.4, 0.5) is 11.4 Å². The van der Waals surface area contributed by atoms with Gasteiger partial charge in [-0.2, -0.15) is 8.42 Å². The van der Waals surface area contributed by atoms with Crippen LogP contribution in [0.2, 0.25) is 0 Å². The van der Waals surface area contributed by atoms with Crippen LogP contribution in [0.3, 0.4) is 0 Å². The molecule has 35 heavy (non-hydrogen) atoms. The zero-order chi connectivity index (χ0) is 25.4. The second kappa shape index (κ2) is 9.41. The van der Waals surface area contributed by atoms with Gasteiger partial charge >= 0.3 is 0 Å². The van der Waals surface area contributed by atoms with E-state index in [9.17, 15) is 16.8 Å². The molecule has 0 unspecified atom stereocenters. The van der Waals surface area contributed by atoms with E-state index in [1.165, 1.54) is 23.5 Å². The number of rotatable bonds is 8. The fourth-order valence-electron chi connectivity index (χ4n) is 4.24. The first kappa shape index (κ1) is 25.4. The molecular weight excluding hydrogens is 490 g/mol. The molecule has 1 aliphatic heterocycles. The van der Waals surface area contributed by atoms with Crippen LogP contribution in [0.1, 0.15) is 31.7 Å². The molecule has 4 rings (SSSR count). The zero-order valence-electron chi connectivity index (χ0n) is 20.1. The maximum absolute atomic E-state index is 13.2. The lowest BCUT2D eigenvalue weighted by Crippen LogP contribution is -2.42. The number of hydrazine groups is 1. The van der Waals surface area contributed by atoms with Gasteiger partial charge in [0.2, 0.25) is 0 Å². The van der Waals surface area contributed by atoms with Crippen LogP contribution in [0, 0.1) is 12.3 Å². The molecule has 0 aliphatic carbocycles. The summed E-state index contributed by atoms with van der Waals surface area (Å²) in [5, 5.41) is 2.61. The second-order valence-electron chi connectivity index (χ2n) is 9.34. The summed E-state index contributed by atoms with van der Waals surface area (Å²) in [6, 6.07) is 8.36. The van der Waals surface area contributed by atoms with E-state index < -0.39 is 20.1 Å². The first-order valence-electron chi connectivity index (χ1n) is 11.3. The molecule has 1 aliphatic rings. The van der Waals surface area contributed by atoms with Crippen LogP contribution in [0.5, 0.6) is 0 Å². The minimum Gasteiger partial charge on any atom is -0.396 e. The summed E-state index contributed by atoms with van der Waals surface area (Å²) in [6.07, 6.45) is 5.04. The number of hydrogen-bond acceptors (Lipinski definition) is 9. The van der Waals surface area contributed by atoms with Gasteiger partial charge in [-0.3, -0.25) is 4.18 Å². The highest BCUT2D eigenvalue weighted by atomic mass is 32.2. The third kappa shape index (κ3) is 5.30. The molecule has 3 heterocycles. The van der Waals surface area contributed by atoms with Gasteiger partial charge in [-0.05, 0) is 49.8 Å². The number of nitrogens with two attached hydrogens (primary N) is 1. The van der Waals surface area contributed by atoms with Crippen LogP contribution in [-0.4, -0.2) is 56.8 Å². The number of fused-ring (bicyclic) bond motifs is 1. The van der Waals surface area contributed by atoms with Gasteiger partial charge in [0.15, 0.2) is 5.65 Å². The molecule has 12 heteroatoms. The third-order valence-electron chi connectivity index (χ3n) is 6.74. The highest BCUT2D eigenvalue weighted by Crippen LogP contribution is 2.36. The van der Waals surface area contributed by atoms with Crippen molar-refractivity contribution in [2.24, 2.45) is 5.41 Å². The number of nitrogen functional groups attached to an aromatic ring is 1. The van der Waals surface area contributed by atoms with Gasteiger partial charge in [0.25, 0.3) is 20.1 Å². The number of nitrogens with one attached hydrogen (secondary N) is 1. The number of hydrogen-bond donors (Lipinski definition) is 2. The Morgan fingerprint density at radius 3 is 2.40 bits per heavy atom. The lowest BCUT2D eigenvalue weighted by Gasteiger charge is -2.39.